The molecule has 1 aromatic heterocycles. The van der Waals surface area contributed by atoms with E-state index in [0.717, 1.165) is 10.9 Å². The minimum Gasteiger partial charge on any atom is -0.464 e. The zero-order valence-electron chi connectivity index (χ0n) is 8.74. The van der Waals surface area contributed by atoms with Gasteiger partial charge in [-0.15, -0.1) is 0 Å². The number of carbonyl (C=O) groups is 1. The van der Waals surface area contributed by atoms with Crippen molar-refractivity contribution in [2.75, 3.05) is 6.61 Å². The summed E-state index contributed by atoms with van der Waals surface area (Å²) in [4.78, 5) is 22.8. The number of hydrogen-bond donors (Lipinski definition) is 0. The van der Waals surface area contributed by atoms with Crippen molar-refractivity contribution in [1.29, 1.82) is 0 Å². The number of ether oxygens (including phenoxy) is 1. The first-order valence-corrected chi connectivity index (χ1v) is 4.96. The molecule has 0 N–H and O–H groups in total. The van der Waals surface area contributed by atoms with E-state index in [1.165, 1.54) is 6.92 Å². The highest BCUT2D eigenvalue weighted by molar-refractivity contribution is 6.30. The molecule has 1 rings (SSSR count). The second-order valence-electron chi connectivity index (χ2n) is 2.98. The van der Waals surface area contributed by atoms with Crippen LogP contribution in [0.15, 0.2) is 11.0 Å². The molecule has 0 aromatic carbocycles. The minimum atomic E-state index is -0.939. The van der Waals surface area contributed by atoms with Crippen molar-refractivity contribution in [3.63, 3.8) is 0 Å². The van der Waals surface area contributed by atoms with E-state index in [0.29, 0.717) is 0 Å². The lowest BCUT2D eigenvalue weighted by Crippen LogP contribution is -2.32. The molecule has 0 saturated carbocycles. The molecular formula is C9H10ClFN2O3. The van der Waals surface area contributed by atoms with Gasteiger partial charge in [-0.1, -0.05) is 11.6 Å². The quantitative estimate of drug-likeness (QED) is 0.753. The van der Waals surface area contributed by atoms with E-state index < -0.39 is 28.4 Å². The summed E-state index contributed by atoms with van der Waals surface area (Å²) >= 11 is 5.41. The van der Waals surface area contributed by atoms with Crippen molar-refractivity contribution in [1.82, 2.24) is 9.78 Å². The molecule has 1 heterocycles. The molecule has 0 unspecified atom stereocenters. The number of aromatic nitrogens is 2. The maximum absolute atomic E-state index is 12.8. The predicted molar refractivity (Wildman–Crippen MR) is 54.8 cm³/mol. The van der Waals surface area contributed by atoms with Gasteiger partial charge in [-0.05, 0) is 13.8 Å². The number of halogens is 2. The highest BCUT2D eigenvalue weighted by atomic mass is 35.5. The van der Waals surface area contributed by atoms with Crippen LogP contribution < -0.4 is 5.56 Å². The first kappa shape index (κ1) is 12.6. The van der Waals surface area contributed by atoms with Crippen LogP contribution in [-0.4, -0.2) is 22.4 Å². The molecule has 0 aliphatic carbocycles. The molecule has 0 fully saturated rings. The summed E-state index contributed by atoms with van der Waals surface area (Å²) < 4.78 is 18.3. The summed E-state index contributed by atoms with van der Waals surface area (Å²) in [6.45, 7) is 3.24. The van der Waals surface area contributed by atoms with Crippen molar-refractivity contribution in [2.24, 2.45) is 0 Å². The highest BCUT2D eigenvalue weighted by Gasteiger charge is 2.20. The van der Waals surface area contributed by atoms with Crippen LogP contribution in [0.1, 0.15) is 19.9 Å². The Balaban J connectivity index is 3.10. The van der Waals surface area contributed by atoms with E-state index in [1.54, 1.807) is 6.92 Å². The fourth-order valence-electron chi connectivity index (χ4n) is 1.06. The Morgan fingerprint density at radius 3 is 2.94 bits per heavy atom. The maximum Gasteiger partial charge on any atom is 0.330 e. The molecule has 1 aromatic rings. The smallest absolute Gasteiger partial charge is 0.330 e. The van der Waals surface area contributed by atoms with Gasteiger partial charge in [0.25, 0.3) is 5.56 Å². The molecule has 1 atom stereocenters. The number of carbonyl (C=O) groups excluding carboxylic acids is 1. The molecule has 0 aliphatic heterocycles. The van der Waals surface area contributed by atoms with Crippen LogP contribution in [0, 0.1) is 5.82 Å². The fourth-order valence-corrected chi connectivity index (χ4v) is 1.20. The summed E-state index contributed by atoms with van der Waals surface area (Å²) in [5, 5.41) is 2.89. The number of hydrogen-bond acceptors (Lipinski definition) is 4. The normalized spacial score (nSPS) is 12.2. The van der Waals surface area contributed by atoms with Gasteiger partial charge in [0.05, 0.1) is 12.8 Å². The Labute approximate surface area is 95.8 Å². The van der Waals surface area contributed by atoms with E-state index in [-0.39, 0.29) is 6.61 Å². The van der Waals surface area contributed by atoms with Crippen LogP contribution in [0.25, 0.3) is 0 Å². The molecule has 0 spiro atoms. The zero-order valence-corrected chi connectivity index (χ0v) is 9.49. The SMILES string of the molecule is CCOC(=O)[C@@H](C)n1ncc(F)c(Cl)c1=O. The monoisotopic (exact) mass is 248 g/mol. The Hall–Kier alpha value is -1.43. The van der Waals surface area contributed by atoms with Crippen LogP contribution in [0.5, 0.6) is 0 Å². The molecule has 7 heteroatoms. The van der Waals surface area contributed by atoms with E-state index >= 15 is 0 Å². The predicted octanol–water partition coefficient (Wildman–Crippen LogP) is 1.16. The van der Waals surface area contributed by atoms with E-state index in [4.69, 9.17) is 16.3 Å². The summed E-state index contributed by atoms with van der Waals surface area (Å²) in [7, 11) is 0. The van der Waals surface area contributed by atoms with Gasteiger partial charge in [-0.3, -0.25) is 4.79 Å². The molecule has 88 valence electrons. The third kappa shape index (κ3) is 2.38. The van der Waals surface area contributed by atoms with Gasteiger partial charge in [-0.25, -0.2) is 13.9 Å². The van der Waals surface area contributed by atoms with E-state index in [9.17, 15) is 14.0 Å². The van der Waals surface area contributed by atoms with Crippen molar-refractivity contribution in [2.45, 2.75) is 19.9 Å². The standard InChI is InChI=1S/C9H10ClFN2O3/c1-3-16-9(15)5(2)13-8(14)7(10)6(11)4-12-13/h4-5H,3H2,1-2H3/t5-/m1/s1. The Morgan fingerprint density at radius 1 is 1.75 bits per heavy atom. The van der Waals surface area contributed by atoms with E-state index in [1.807, 2.05) is 0 Å². The third-order valence-corrected chi connectivity index (χ3v) is 2.24. The van der Waals surface area contributed by atoms with Crippen molar-refractivity contribution in [3.8, 4) is 0 Å². The van der Waals surface area contributed by atoms with Crippen LogP contribution in [0.3, 0.4) is 0 Å². The first-order valence-electron chi connectivity index (χ1n) is 4.58. The Kier molecular flexibility index (Phi) is 4.00. The number of nitrogens with zero attached hydrogens (tertiary/aromatic N) is 2. The largest absolute Gasteiger partial charge is 0.464 e. The van der Waals surface area contributed by atoms with Gasteiger partial charge >= 0.3 is 5.97 Å². The summed E-state index contributed by atoms with van der Waals surface area (Å²) in [6, 6.07) is -0.939. The second kappa shape index (κ2) is 5.07. The van der Waals surface area contributed by atoms with Crippen LogP contribution >= 0.6 is 11.6 Å². The van der Waals surface area contributed by atoms with Gasteiger partial charge in [0.1, 0.15) is 5.02 Å². The van der Waals surface area contributed by atoms with Crippen molar-refractivity contribution >= 4 is 17.6 Å². The zero-order chi connectivity index (χ0) is 12.3. The highest BCUT2D eigenvalue weighted by Crippen LogP contribution is 2.09. The fraction of sp³-hybridized carbons (Fsp3) is 0.444. The van der Waals surface area contributed by atoms with Crippen molar-refractivity contribution < 1.29 is 13.9 Å². The van der Waals surface area contributed by atoms with Gasteiger partial charge in [0.2, 0.25) is 0 Å². The van der Waals surface area contributed by atoms with Gasteiger partial charge < -0.3 is 4.74 Å². The van der Waals surface area contributed by atoms with Gasteiger partial charge in [-0.2, -0.15) is 5.10 Å². The maximum atomic E-state index is 12.8. The molecule has 0 saturated heterocycles. The van der Waals surface area contributed by atoms with Crippen LogP contribution in [-0.2, 0) is 9.53 Å². The van der Waals surface area contributed by atoms with Crippen molar-refractivity contribution in [3.05, 3.63) is 27.4 Å². The Bertz CT molecular complexity index is 461. The summed E-state index contributed by atoms with van der Waals surface area (Å²) in [5.74, 6) is -1.54. The molecule has 0 bridgehead atoms. The molecular weight excluding hydrogens is 239 g/mol. The van der Waals surface area contributed by atoms with Gasteiger partial charge in [0, 0.05) is 0 Å². The lowest BCUT2D eigenvalue weighted by Gasteiger charge is -2.12. The third-order valence-electron chi connectivity index (χ3n) is 1.90. The Morgan fingerprint density at radius 2 is 2.38 bits per heavy atom. The first-order chi connectivity index (χ1) is 7.49. The molecule has 16 heavy (non-hydrogen) atoms. The van der Waals surface area contributed by atoms with Crippen LogP contribution in [0.2, 0.25) is 5.02 Å². The van der Waals surface area contributed by atoms with Gasteiger partial charge in [0.15, 0.2) is 11.9 Å². The number of rotatable bonds is 3. The molecule has 0 amide bonds. The second-order valence-corrected chi connectivity index (χ2v) is 3.36. The van der Waals surface area contributed by atoms with E-state index in [2.05, 4.69) is 5.10 Å². The molecule has 0 aliphatic rings. The summed E-state index contributed by atoms with van der Waals surface area (Å²) in [5.41, 5.74) is -0.859. The lowest BCUT2D eigenvalue weighted by atomic mass is 10.3. The summed E-state index contributed by atoms with van der Waals surface area (Å²) in [6.07, 6.45) is 0.777. The lowest BCUT2D eigenvalue weighted by molar-refractivity contribution is -0.147. The average Bonchev–Trinajstić information content (AvgIpc) is 2.26. The average molecular weight is 249 g/mol. The number of esters is 1. The molecule has 0 radical (unpaired) electrons. The minimum absolute atomic E-state index is 0.187. The molecule has 5 nitrogen and oxygen atoms in total. The topological polar surface area (TPSA) is 61.2 Å². The van der Waals surface area contributed by atoms with Crippen LogP contribution in [0.4, 0.5) is 4.39 Å².